The molecule has 0 aromatic carbocycles. The molecule has 1 rings (SSSR count). The Balaban J connectivity index is 2.63. The molecule has 0 amide bonds. The van der Waals surface area contributed by atoms with E-state index >= 15 is 0 Å². The molecule has 0 atom stereocenters. The Morgan fingerprint density at radius 1 is 1.38 bits per heavy atom. The van der Waals surface area contributed by atoms with Gasteiger partial charge in [0.25, 0.3) is 0 Å². The maximum absolute atomic E-state index is 2.56. The van der Waals surface area contributed by atoms with Crippen LogP contribution in [0.5, 0.6) is 0 Å². The molecule has 1 saturated heterocycles. The number of rotatable bonds is 0. The second kappa shape index (κ2) is 1.48. The Morgan fingerprint density at radius 3 is 1.75 bits per heavy atom. The molecule has 0 spiro atoms. The minimum absolute atomic E-state index is 0.468. The SMILES string of the molecule is CC1(C)C[SiH2][Si]1(C)C. The van der Waals surface area contributed by atoms with Crippen molar-refractivity contribution < 1.29 is 0 Å². The van der Waals surface area contributed by atoms with Crippen LogP contribution in [0.4, 0.5) is 0 Å². The van der Waals surface area contributed by atoms with E-state index in [0.717, 1.165) is 5.04 Å². The number of hydrogen-bond acceptors (Lipinski definition) is 0. The maximum Gasteiger partial charge on any atom is 0.0393 e. The Hall–Kier alpha value is 0.434. The average molecular weight is 144 g/mol. The van der Waals surface area contributed by atoms with Crippen LogP contribution in [0.25, 0.3) is 0 Å². The third-order valence-corrected chi connectivity index (χ3v) is 17.7. The summed E-state index contributed by atoms with van der Waals surface area (Å²) in [7, 11) is -0.0718. The van der Waals surface area contributed by atoms with Crippen molar-refractivity contribution in [2.24, 2.45) is 0 Å². The van der Waals surface area contributed by atoms with Crippen LogP contribution in [-0.4, -0.2) is 16.6 Å². The van der Waals surface area contributed by atoms with Crippen molar-refractivity contribution in [3.05, 3.63) is 0 Å². The summed E-state index contributed by atoms with van der Waals surface area (Å²) >= 11 is 0. The fourth-order valence-corrected chi connectivity index (χ4v) is 10.1. The molecular weight excluding hydrogens is 128 g/mol. The number of hydrogen-bond donors (Lipinski definition) is 0. The molecule has 8 heavy (non-hydrogen) atoms. The topological polar surface area (TPSA) is 0 Å². The Kier molecular flexibility index (Phi) is 1.21. The largest absolute Gasteiger partial charge is 0.0714 e. The highest BCUT2D eigenvalue weighted by Crippen LogP contribution is 2.49. The van der Waals surface area contributed by atoms with Crippen LogP contribution < -0.4 is 0 Å². The van der Waals surface area contributed by atoms with Gasteiger partial charge in [-0.3, -0.25) is 0 Å². The predicted octanol–water partition coefficient (Wildman–Crippen LogP) is 1.57. The van der Waals surface area contributed by atoms with Gasteiger partial charge in [-0.2, -0.15) is 0 Å². The average Bonchev–Trinajstić information content (AvgIpc) is 1.64. The van der Waals surface area contributed by atoms with Gasteiger partial charge < -0.3 is 0 Å². The van der Waals surface area contributed by atoms with Gasteiger partial charge >= 0.3 is 0 Å². The molecule has 0 bridgehead atoms. The summed E-state index contributed by atoms with van der Waals surface area (Å²) in [5, 5.41) is 0.819. The molecule has 0 aliphatic carbocycles. The van der Waals surface area contributed by atoms with Gasteiger partial charge in [0.1, 0.15) is 0 Å². The molecule has 0 radical (unpaired) electrons. The molecule has 0 aromatic heterocycles. The van der Waals surface area contributed by atoms with Crippen molar-refractivity contribution in [2.75, 3.05) is 0 Å². The van der Waals surface area contributed by atoms with Crippen molar-refractivity contribution in [1.82, 2.24) is 0 Å². The van der Waals surface area contributed by atoms with Gasteiger partial charge in [-0.15, -0.1) is 0 Å². The molecule has 0 N–H and O–H groups in total. The van der Waals surface area contributed by atoms with Crippen LogP contribution in [-0.2, 0) is 0 Å². The van der Waals surface area contributed by atoms with Crippen LogP contribution in [0.3, 0.4) is 0 Å². The Morgan fingerprint density at radius 2 is 1.75 bits per heavy atom. The standard InChI is InChI=1S/C6H16Si2/c1-6(2)5-7-8(6,3)4/h5,7H2,1-4H3. The lowest BCUT2D eigenvalue weighted by molar-refractivity contribution is 0.704. The summed E-state index contributed by atoms with van der Waals surface area (Å²) in [6, 6.07) is 1.62. The van der Waals surface area contributed by atoms with Crippen molar-refractivity contribution in [2.45, 2.75) is 38.0 Å². The molecule has 48 valence electrons. The van der Waals surface area contributed by atoms with Gasteiger partial charge in [0.15, 0.2) is 0 Å². The zero-order valence-electron chi connectivity index (χ0n) is 6.41. The summed E-state index contributed by atoms with van der Waals surface area (Å²) < 4.78 is 0. The summed E-state index contributed by atoms with van der Waals surface area (Å²) in [5.74, 6) is 0. The first-order chi connectivity index (χ1) is 3.46. The second-order valence-electron chi connectivity index (χ2n) is 4.27. The Labute approximate surface area is 55.3 Å². The third-order valence-electron chi connectivity index (χ3n) is 3.21. The van der Waals surface area contributed by atoms with Gasteiger partial charge in [-0.1, -0.05) is 33.0 Å². The molecule has 1 fully saturated rings. The fourth-order valence-electron chi connectivity index (χ4n) is 1.12. The van der Waals surface area contributed by atoms with Crippen molar-refractivity contribution >= 4 is 16.6 Å². The van der Waals surface area contributed by atoms with E-state index < -0.39 is 7.59 Å². The van der Waals surface area contributed by atoms with Gasteiger partial charge in [0, 0.05) is 16.6 Å². The van der Waals surface area contributed by atoms with Gasteiger partial charge in [0.2, 0.25) is 0 Å². The van der Waals surface area contributed by atoms with E-state index in [1.54, 1.807) is 6.04 Å². The lowest BCUT2D eigenvalue weighted by Crippen LogP contribution is -2.55. The first kappa shape index (κ1) is 6.55. The van der Waals surface area contributed by atoms with E-state index in [1.807, 2.05) is 0 Å². The molecule has 0 nitrogen and oxygen atoms in total. The second-order valence-corrected chi connectivity index (χ2v) is 17.2. The highest BCUT2D eigenvalue weighted by Gasteiger charge is 2.47. The van der Waals surface area contributed by atoms with Gasteiger partial charge in [0.05, 0.1) is 0 Å². The summed E-state index contributed by atoms with van der Waals surface area (Å²) in [5.41, 5.74) is 0. The quantitative estimate of drug-likeness (QED) is 0.453. The van der Waals surface area contributed by atoms with Crippen molar-refractivity contribution in [3.8, 4) is 0 Å². The van der Waals surface area contributed by atoms with E-state index in [1.165, 1.54) is 0 Å². The molecule has 0 saturated carbocycles. The first-order valence-corrected chi connectivity index (χ1v) is 9.79. The zero-order valence-corrected chi connectivity index (χ0v) is 8.83. The minimum atomic E-state index is -0.539. The maximum atomic E-state index is 2.56. The molecule has 1 aliphatic rings. The van der Waals surface area contributed by atoms with Crippen molar-refractivity contribution in [3.63, 3.8) is 0 Å². The minimum Gasteiger partial charge on any atom is -0.0714 e. The zero-order chi connectivity index (χ0) is 6.41. The Bertz CT molecular complexity index is 91.1. The normalized spacial score (nSPS) is 34.5. The van der Waals surface area contributed by atoms with Crippen LogP contribution >= 0.6 is 0 Å². The first-order valence-electron chi connectivity index (χ1n) is 3.46. The van der Waals surface area contributed by atoms with E-state index in [0.29, 0.717) is 9.04 Å². The molecule has 0 unspecified atom stereocenters. The lowest BCUT2D eigenvalue weighted by Gasteiger charge is -2.50. The predicted molar refractivity (Wildman–Crippen MR) is 44.9 cm³/mol. The van der Waals surface area contributed by atoms with Crippen molar-refractivity contribution in [1.29, 1.82) is 0 Å². The third kappa shape index (κ3) is 0.703. The molecule has 1 aliphatic heterocycles. The molecular formula is C6H16Si2. The molecule has 1 heterocycles. The fraction of sp³-hybridized carbons (Fsp3) is 1.00. The van der Waals surface area contributed by atoms with E-state index in [4.69, 9.17) is 0 Å². The summed E-state index contributed by atoms with van der Waals surface area (Å²) in [6.45, 7) is 10.0. The van der Waals surface area contributed by atoms with Gasteiger partial charge in [-0.25, -0.2) is 0 Å². The van der Waals surface area contributed by atoms with Crippen LogP contribution in [0.15, 0.2) is 0 Å². The summed E-state index contributed by atoms with van der Waals surface area (Å²) in [6.07, 6.45) is 0. The smallest absolute Gasteiger partial charge is 0.0393 e. The molecule has 0 aromatic rings. The van der Waals surface area contributed by atoms with Gasteiger partial charge in [-0.05, 0) is 5.04 Å². The van der Waals surface area contributed by atoms with E-state index in [2.05, 4.69) is 26.9 Å². The highest BCUT2D eigenvalue weighted by molar-refractivity contribution is 7.29. The summed E-state index contributed by atoms with van der Waals surface area (Å²) in [4.78, 5) is 0. The van der Waals surface area contributed by atoms with E-state index in [-0.39, 0.29) is 0 Å². The monoisotopic (exact) mass is 144 g/mol. The van der Waals surface area contributed by atoms with Crippen LogP contribution in [0.2, 0.25) is 24.2 Å². The van der Waals surface area contributed by atoms with Crippen LogP contribution in [0, 0.1) is 0 Å². The lowest BCUT2D eigenvalue weighted by atomic mass is 10.2. The van der Waals surface area contributed by atoms with Crippen LogP contribution in [0.1, 0.15) is 13.8 Å². The molecule has 2 heteroatoms. The van der Waals surface area contributed by atoms with E-state index in [9.17, 15) is 0 Å². The highest BCUT2D eigenvalue weighted by atomic mass is 29.2.